The number of phenols is 2. The van der Waals surface area contributed by atoms with Gasteiger partial charge in [-0.15, -0.1) is 0 Å². The minimum Gasteiger partial charge on any atom is -0.504 e. The van der Waals surface area contributed by atoms with Crippen LogP contribution in [0.25, 0.3) is 0 Å². The predicted molar refractivity (Wildman–Crippen MR) is 75.0 cm³/mol. The van der Waals surface area contributed by atoms with Gasteiger partial charge in [-0.05, 0) is 48.4 Å². The van der Waals surface area contributed by atoms with Gasteiger partial charge < -0.3 is 14.9 Å². The fourth-order valence-electron chi connectivity index (χ4n) is 1.91. The molecule has 0 amide bonds. The monoisotopic (exact) mass is 269 g/mol. The minimum atomic E-state index is -0.0993. The SMILES string of the molecule is CCCc1cc(O)c(Oc2ccc(C#N)cc2)c(O)c1. The van der Waals surface area contributed by atoms with Crippen molar-refractivity contribution in [3.05, 3.63) is 47.5 Å². The van der Waals surface area contributed by atoms with Gasteiger partial charge in [0.25, 0.3) is 0 Å². The van der Waals surface area contributed by atoms with E-state index in [1.54, 1.807) is 36.4 Å². The summed E-state index contributed by atoms with van der Waals surface area (Å²) in [6.45, 7) is 2.02. The van der Waals surface area contributed by atoms with E-state index in [1.165, 1.54) is 0 Å². The predicted octanol–water partition coefficient (Wildman–Crippen LogP) is 3.71. The molecule has 4 nitrogen and oxygen atoms in total. The highest BCUT2D eigenvalue weighted by Crippen LogP contribution is 2.40. The van der Waals surface area contributed by atoms with Crippen LogP contribution in [-0.4, -0.2) is 10.2 Å². The summed E-state index contributed by atoms with van der Waals surface area (Å²) in [5.74, 6) is 0.267. The molecule has 2 N–H and O–H groups in total. The molecule has 2 rings (SSSR count). The molecule has 0 atom stereocenters. The lowest BCUT2D eigenvalue weighted by atomic mass is 10.1. The molecule has 0 aliphatic rings. The van der Waals surface area contributed by atoms with Crippen molar-refractivity contribution < 1.29 is 14.9 Å². The molecule has 0 radical (unpaired) electrons. The van der Waals surface area contributed by atoms with E-state index in [9.17, 15) is 10.2 Å². The summed E-state index contributed by atoms with van der Waals surface area (Å²) in [5.41, 5.74) is 1.37. The zero-order chi connectivity index (χ0) is 14.5. The molecule has 2 aromatic carbocycles. The topological polar surface area (TPSA) is 73.5 Å². The molecule has 102 valence electrons. The van der Waals surface area contributed by atoms with Crippen LogP contribution in [0.1, 0.15) is 24.5 Å². The Hall–Kier alpha value is -2.67. The third kappa shape index (κ3) is 3.01. The number of aryl methyl sites for hydroxylation is 1. The van der Waals surface area contributed by atoms with Gasteiger partial charge in [-0.1, -0.05) is 13.3 Å². The number of nitrogens with zero attached hydrogens (tertiary/aromatic N) is 1. The van der Waals surface area contributed by atoms with E-state index < -0.39 is 0 Å². The number of phenolic OH excluding ortho intramolecular Hbond substituents is 2. The summed E-state index contributed by atoms with van der Waals surface area (Å²) in [6, 6.07) is 11.6. The van der Waals surface area contributed by atoms with Crippen molar-refractivity contribution in [2.75, 3.05) is 0 Å². The van der Waals surface area contributed by atoms with E-state index in [4.69, 9.17) is 10.00 Å². The molecule has 0 saturated carbocycles. The summed E-state index contributed by atoms with van der Waals surface area (Å²) in [4.78, 5) is 0. The Balaban J connectivity index is 2.26. The highest BCUT2D eigenvalue weighted by Gasteiger charge is 2.12. The maximum atomic E-state index is 9.92. The molecule has 0 spiro atoms. The normalized spacial score (nSPS) is 10.0. The number of benzene rings is 2. The average Bonchev–Trinajstić information content (AvgIpc) is 2.44. The number of ether oxygens (including phenoxy) is 1. The first-order valence-electron chi connectivity index (χ1n) is 6.37. The zero-order valence-electron chi connectivity index (χ0n) is 11.1. The van der Waals surface area contributed by atoms with Crippen molar-refractivity contribution >= 4 is 0 Å². The highest BCUT2D eigenvalue weighted by atomic mass is 16.5. The summed E-state index contributed by atoms with van der Waals surface area (Å²) in [6.07, 6.45) is 1.70. The first-order chi connectivity index (χ1) is 9.63. The number of hydrogen-bond acceptors (Lipinski definition) is 4. The molecule has 0 saturated heterocycles. The zero-order valence-corrected chi connectivity index (χ0v) is 11.1. The van der Waals surface area contributed by atoms with E-state index in [0.717, 1.165) is 18.4 Å². The second kappa shape index (κ2) is 5.98. The van der Waals surface area contributed by atoms with Crippen LogP contribution < -0.4 is 4.74 Å². The van der Waals surface area contributed by atoms with Crippen LogP contribution in [0.2, 0.25) is 0 Å². The fraction of sp³-hybridized carbons (Fsp3) is 0.188. The molecular weight excluding hydrogens is 254 g/mol. The Morgan fingerprint density at radius 3 is 2.20 bits per heavy atom. The quantitative estimate of drug-likeness (QED) is 0.887. The third-order valence-corrected chi connectivity index (χ3v) is 2.85. The number of hydrogen-bond donors (Lipinski definition) is 2. The van der Waals surface area contributed by atoms with Gasteiger partial charge in [0, 0.05) is 0 Å². The Kier molecular flexibility index (Phi) is 4.11. The van der Waals surface area contributed by atoms with Crippen molar-refractivity contribution in [3.8, 4) is 29.1 Å². The summed E-state index contributed by atoms with van der Waals surface area (Å²) < 4.78 is 5.46. The number of nitriles is 1. The van der Waals surface area contributed by atoms with Crippen LogP contribution in [0, 0.1) is 11.3 Å². The van der Waals surface area contributed by atoms with Crippen LogP contribution in [0.15, 0.2) is 36.4 Å². The van der Waals surface area contributed by atoms with Crippen LogP contribution in [0.4, 0.5) is 0 Å². The van der Waals surface area contributed by atoms with E-state index >= 15 is 0 Å². The molecule has 20 heavy (non-hydrogen) atoms. The molecule has 0 aliphatic carbocycles. The van der Waals surface area contributed by atoms with Gasteiger partial charge in [0.2, 0.25) is 5.75 Å². The second-order valence-corrected chi connectivity index (χ2v) is 4.45. The molecule has 0 bridgehead atoms. The second-order valence-electron chi connectivity index (χ2n) is 4.45. The van der Waals surface area contributed by atoms with Crippen LogP contribution in [0.3, 0.4) is 0 Å². The third-order valence-electron chi connectivity index (χ3n) is 2.85. The number of rotatable bonds is 4. The van der Waals surface area contributed by atoms with Crippen LogP contribution >= 0.6 is 0 Å². The Bertz CT molecular complexity index is 619. The number of aromatic hydroxyl groups is 2. The lowest BCUT2D eigenvalue weighted by molar-refractivity contribution is 0.375. The molecule has 0 aliphatic heterocycles. The lowest BCUT2D eigenvalue weighted by Crippen LogP contribution is -1.89. The standard InChI is InChI=1S/C16H15NO3/c1-2-3-12-8-14(18)16(15(19)9-12)20-13-6-4-11(10-17)5-7-13/h4-9,18-19H,2-3H2,1H3. The first kappa shape index (κ1) is 13.8. The van der Waals surface area contributed by atoms with Crippen molar-refractivity contribution in [2.45, 2.75) is 19.8 Å². The van der Waals surface area contributed by atoms with Gasteiger partial charge in [-0.25, -0.2) is 0 Å². The fourth-order valence-corrected chi connectivity index (χ4v) is 1.91. The van der Waals surface area contributed by atoms with Crippen LogP contribution in [-0.2, 0) is 6.42 Å². The largest absolute Gasteiger partial charge is 0.504 e. The van der Waals surface area contributed by atoms with Gasteiger partial charge in [0.15, 0.2) is 11.5 Å². The highest BCUT2D eigenvalue weighted by molar-refractivity contribution is 5.54. The van der Waals surface area contributed by atoms with Gasteiger partial charge in [0.05, 0.1) is 11.6 Å². The Labute approximate surface area is 117 Å². The Morgan fingerprint density at radius 1 is 1.10 bits per heavy atom. The van der Waals surface area contributed by atoms with E-state index in [2.05, 4.69) is 0 Å². The molecule has 4 heteroatoms. The molecular formula is C16H15NO3. The van der Waals surface area contributed by atoms with Crippen LogP contribution in [0.5, 0.6) is 23.0 Å². The van der Waals surface area contributed by atoms with E-state index in [-0.39, 0.29) is 17.2 Å². The van der Waals surface area contributed by atoms with Gasteiger partial charge in [0.1, 0.15) is 5.75 Å². The minimum absolute atomic E-state index is 0.0227. The Morgan fingerprint density at radius 2 is 1.70 bits per heavy atom. The van der Waals surface area contributed by atoms with Gasteiger partial charge in [-0.3, -0.25) is 0 Å². The van der Waals surface area contributed by atoms with Crippen molar-refractivity contribution in [2.24, 2.45) is 0 Å². The molecule has 0 fully saturated rings. The molecule has 0 heterocycles. The van der Waals surface area contributed by atoms with Gasteiger partial charge in [-0.2, -0.15) is 5.26 Å². The maximum absolute atomic E-state index is 9.92. The summed E-state index contributed by atoms with van der Waals surface area (Å²) in [5, 5.41) is 28.6. The van der Waals surface area contributed by atoms with Crippen molar-refractivity contribution in [1.82, 2.24) is 0 Å². The first-order valence-corrected chi connectivity index (χ1v) is 6.37. The van der Waals surface area contributed by atoms with Crippen molar-refractivity contribution in [1.29, 1.82) is 5.26 Å². The van der Waals surface area contributed by atoms with Gasteiger partial charge >= 0.3 is 0 Å². The van der Waals surface area contributed by atoms with Crippen molar-refractivity contribution in [3.63, 3.8) is 0 Å². The lowest BCUT2D eigenvalue weighted by Gasteiger charge is -2.11. The molecule has 0 aromatic heterocycles. The maximum Gasteiger partial charge on any atom is 0.210 e. The summed E-state index contributed by atoms with van der Waals surface area (Å²) in [7, 11) is 0. The average molecular weight is 269 g/mol. The molecule has 0 unspecified atom stereocenters. The summed E-state index contributed by atoms with van der Waals surface area (Å²) >= 11 is 0. The van der Waals surface area contributed by atoms with E-state index in [0.29, 0.717) is 11.3 Å². The smallest absolute Gasteiger partial charge is 0.210 e. The molecule has 2 aromatic rings. The van der Waals surface area contributed by atoms with E-state index in [1.807, 2.05) is 13.0 Å².